The van der Waals surface area contributed by atoms with Gasteiger partial charge in [-0.3, -0.25) is 34.2 Å². The van der Waals surface area contributed by atoms with E-state index in [-0.39, 0.29) is 30.9 Å². The fourth-order valence-electron chi connectivity index (χ4n) is 4.49. The molecule has 230 valence electrons. The van der Waals surface area contributed by atoms with Crippen molar-refractivity contribution < 1.29 is 38.2 Å². The number of aliphatic imine (C=N–C) groups is 1. The van der Waals surface area contributed by atoms with E-state index in [2.05, 4.69) is 10.3 Å². The topological polar surface area (TPSA) is 141 Å². The highest BCUT2D eigenvalue weighted by Gasteiger charge is 2.36. The van der Waals surface area contributed by atoms with Gasteiger partial charge in [-0.1, -0.05) is 36.8 Å². The molecule has 0 fully saturated rings. The Bertz CT molecular complexity index is 1330. The average molecular weight is 594 g/mol. The number of ether oxygens (including phenoxy) is 3. The molecule has 0 radical (unpaired) electrons. The van der Waals surface area contributed by atoms with Crippen molar-refractivity contribution in [1.82, 2.24) is 5.32 Å². The number of benzene rings is 2. The summed E-state index contributed by atoms with van der Waals surface area (Å²) in [5.41, 5.74) is 0.211. The van der Waals surface area contributed by atoms with Crippen LogP contribution in [0.25, 0.3) is 0 Å². The lowest BCUT2D eigenvalue weighted by Crippen LogP contribution is -2.55. The number of unbranched alkanes of at least 4 members (excludes halogenated alkanes) is 2. The first-order valence-corrected chi connectivity index (χ1v) is 14.3. The number of carbonyl (C=O) groups excluding carboxylic acids is 5. The first kappa shape index (κ1) is 33.1. The summed E-state index contributed by atoms with van der Waals surface area (Å²) in [5, 5.41) is 3.10. The minimum atomic E-state index is -0.943. The summed E-state index contributed by atoms with van der Waals surface area (Å²) >= 11 is 0. The van der Waals surface area contributed by atoms with Gasteiger partial charge in [0.25, 0.3) is 5.91 Å². The monoisotopic (exact) mass is 593 g/mol. The predicted molar refractivity (Wildman–Crippen MR) is 161 cm³/mol. The van der Waals surface area contributed by atoms with Crippen LogP contribution < -0.4 is 15.0 Å². The van der Waals surface area contributed by atoms with Crippen molar-refractivity contribution in [2.75, 3.05) is 24.7 Å². The minimum absolute atomic E-state index is 0.0619. The van der Waals surface area contributed by atoms with E-state index in [0.717, 1.165) is 0 Å². The molecule has 0 bridgehead atoms. The SMILES string of the molecule is CCOC(=O)[C@H](CCCCC=NC(=O)c1ccccc1C=O)N[C@H]1COc2ccccc2N(CC(=O)OC(C)(C)C)C1=O. The van der Waals surface area contributed by atoms with E-state index in [0.29, 0.717) is 43.4 Å². The molecule has 2 aromatic carbocycles. The Labute approximate surface area is 251 Å². The van der Waals surface area contributed by atoms with Crippen molar-refractivity contribution in [3.05, 3.63) is 59.7 Å². The predicted octanol–water partition coefficient (Wildman–Crippen LogP) is 3.93. The van der Waals surface area contributed by atoms with Crippen LogP contribution in [0.15, 0.2) is 53.5 Å². The molecule has 11 nitrogen and oxygen atoms in total. The minimum Gasteiger partial charge on any atom is -0.489 e. The summed E-state index contributed by atoms with van der Waals surface area (Å²) < 4.78 is 16.6. The smallest absolute Gasteiger partial charge is 0.326 e. The molecule has 1 N–H and O–H groups in total. The van der Waals surface area contributed by atoms with Gasteiger partial charge in [-0.05, 0) is 65.2 Å². The number of amides is 2. The Morgan fingerprint density at radius 3 is 2.56 bits per heavy atom. The Kier molecular flexibility index (Phi) is 12.1. The summed E-state index contributed by atoms with van der Waals surface area (Å²) in [6.07, 6.45) is 4.09. The second-order valence-electron chi connectivity index (χ2n) is 10.9. The van der Waals surface area contributed by atoms with Gasteiger partial charge >= 0.3 is 11.9 Å². The van der Waals surface area contributed by atoms with Gasteiger partial charge in [0.05, 0.1) is 17.9 Å². The molecule has 2 aromatic rings. The fraction of sp³-hybridized carbons (Fsp3) is 0.438. The van der Waals surface area contributed by atoms with Gasteiger partial charge in [-0.2, -0.15) is 0 Å². The lowest BCUT2D eigenvalue weighted by atomic mass is 10.1. The summed E-state index contributed by atoms with van der Waals surface area (Å²) in [6.45, 7) is 6.72. The zero-order valence-corrected chi connectivity index (χ0v) is 25.0. The quantitative estimate of drug-likeness (QED) is 0.158. The summed E-state index contributed by atoms with van der Waals surface area (Å²) in [7, 11) is 0. The first-order chi connectivity index (χ1) is 20.5. The highest BCUT2D eigenvalue weighted by atomic mass is 16.6. The fourth-order valence-corrected chi connectivity index (χ4v) is 4.49. The van der Waals surface area contributed by atoms with Crippen LogP contribution in [0.3, 0.4) is 0 Å². The molecule has 0 aliphatic carbocycles. The van der Waals surface area contributed by atoms with Gasteiger partial charge in [0, 0.05) is 11.8 Å². The van der Waals surface area contributed by atoms with E-state index in [1.807, 2.05) is 0 Å². The number of nitrogens with one attached hydrogen (secondary N) is 1. The van der Waals surface area contributed by atoms with E-state index < -0.39 is 41.4 Å². The van der Waals surface area contributed by atoms with Gasteiger partial charge in [-0.25, -0.2) is 4.99 Å². The highest BCUT2D eigenvalue weighted by molar-refractivity contribution is 6.04. The molecule has 0 saturated carbocycles. The number of carbonyl (C=O) groups is 5. The molecule has 0 spiro atoms. The molecule has 43 heavy (non-hydrogen) atoms. The van der Waals surface area contributed by atoms with Crippen molar-refractivity contribution >= 4 is 41.9 Å². The van der Waals surface area contributed by atoms with Crippen LogP contribution in [0.2, 0.25) is 0 Å². The molecule has 2 atom stereocenters. The summed E-state index contributed by atoms with van der Waals surface area (Å²) in [6, 6.07) is 11.6. The molecule has 1 heterocycles. The third-order valence-corrected chi connectivity index (χ3v) is 6.41. The number of hydrogen-bond donors (Lipinski definition) is 1. The van der Waals surface area contributed by atoms with Crippen molar-refractivity contribution in [3.8, 4) is 5.75 Å². The van der Waals surface area contributed by atoms with Crippen LogP contribution in [0.1, 0.15) is 74.1 Å². The van der Waals surface area contributed by atoms with Gasteiger partial charge in [0.15, 0.2) is 6.29 Å². The van der Waals surface area contributed by atoms with Crippen LogP contribution >= 0.6 is 0 Å². The third-order valence-electron chi connectivity index (χ3n) is 6.41. The first-order valence-electron chi connectivity index (χ1n) is 14.3. The molecular weight excluding hydrogens is 554 g/mol. The van der Waals surface area contributed by atoms with Crippen molar-refractivity contribution in [2.24, 2.45) is 4.99 Å². The van der Waals surface area contributed by atoms with Crippen LogP contribution in [0.5, 0.6) is 5.75 Å². The summed E-state index contributed by atoms with van der Waals surface area (Å²) in [5.74, 6) is -1.59. The number of esters is 2. The molecule has 1 aliphatic rings. The maximum absolute atomic E-state index is 13.7. The Hall–Kier alpha value is -4.38. The van der Waals surface area contributed by atoms with Crippen molar-refractivity contribution in [1.29, 1.82) is 0 Å². The van der Waals surface area contributed by atoms with Crippen molar-refractivity contribution in [2.45, 2.75) is 71.1 Å². The maximum atomic E-state index is 13.7. The largest absolute Gasteiger partial charge is 0.489 e. The molecule has 1 aliphatic heterocycles. The Balaban J connectivity index is 1.65. The molecule has 3 rings (SSSR count). The molecular formula is C32H39N3O8. The number of rotatable bonds is 13. The number of aldehydes is 1. The van der Waals surface area contributed by atoms with Gasteiger partial charge in [0.2, 0.25) is 5.91 Å². The Morgan fingerprint density at radius 2 is 1.84 bits per heavy atom. The third kappa shape index (κ3) is 9.85. The van der Waals surface area contributed by atoms with Gasteiger partial charge < -0.3 is 14.2 Å². The normalized spacial score (nSPS) is 15.7. The molecule has 11 heteroatoms. The lowest BCUT2D eigenvalue weighted by molar-refractivity contribution is -0.154. The standard InChI is InChI=1S/C32H39N3O8/c1-5-41-31(40)24(15-7-6-12-18-33-29(38)23-14-9-8-13-22(23)20-36)34-25-21-42-27-17-11-10-16-26(27)35(30(25)39)19-28(37)43-32(2,3)4/h8-11,13-14,16-18,20,24-25,34H,5-7,12,15,19,21H2,1-4H3/t24-,25-/m0/s1. The summed E-state index contributed by atoms with van der Waals surface area (Å²) in [4.78, 5) is 68.0. The highest BCUT2D eigenvalue weighted by Crippen LogP contribution is 2.31. The molecule has 0 unspecified atom stereocenters. The molecule has 0 aromatic heterocycles. The number of fused-ring (bicyclic) bond motifs is 1. The van der Waals surface area contributed by atoms with E-state index in [1.54, 1.807) is 76.2 Å². The van der Waals surface area contributed by atoms with Crippen LogP contribution in [0, 0.1) is 0 Å². The number of hydrogen-bond acceptors (Lipinski definition) is 9. The average Bonchev–Trinajstić information content (AvgIpc) is 3.09. The van der Waals surface area contributed by atoms with E-state index in [1.165, 1.54) is 11.1 Å². The second-order valence-corrected chi connectivity index (χ2v) is 10.9. The van der Waals surface area contributed by atoms with Crippen molar-refractivity contribution in [3.63, 3.8) is 0 Å². The maximum Gasteiger partial charge on any atom is 0.326 e. The lowest BCUT2D eigenvalue weighted by Gasteiger charge is -2.28. The molecule has 2 amide bonds. The van der Waals surface area contributed by atoms with Gasteiger partial charge in [-0.15, -0.1) is 0 Å². The van der Waals surface area contributed by atoms with Crippen LogP contribution in [0.4, 0.5) is 5.69 Å². The van der Waals surface area contributed by atoms with Gasteiger partial charge in [0.1, 0.15) is 36.6 Å². The number of para-hydroxylation sites is 2. The van der Waals surface area contributed by atoms with E-state index >= 15 is 0 Å². The number of anilines is 1. The zero-order chi connectivity index (χ0) is 31.4. The zero-order valence-electron chi connectivity index (χ0n) is 25.0. The molecule has 0 saturated heterocycles. The van der Waals surface area contributed by atoms with E-state index in [9.17, 15) is 24.0 Å². The second kappa shape index (κ2) is 15.7. The Morgan fingerprint density at radius 1 is 1.12 bits per heavy atom. The number of nitrogens with zero attached hydrogens (tertiary/aromatic N) is 2. The van der Waals surface area contributed by atoms with Crippen LogP contribution in [-0.2, 0) is 23.9 Å². The van der Waals surface area contributed by atoms with Crippen LogP contribution in [-0.4, -0.2) is 73.7 Å². The van der Waals surface area contributed by atoms with E-state index in [4.69, 9.17) is 14.2 Å².